The van der Waals surface area contributed by atoms with E-state index < -0.39 is 18.3 Å². The van der Waals surface area contributed by atoms with Crippen molar-refractivity contribution in [3.05, 3.63) is 64.2 Å². The summed E-state index contributed by atoms with van der Waals surface area (Å²) in [5.74, 6) is -0.610. The number of imide groups is 1. The largest absolute Gasteiger partial charge is 0.495 e. The zero-order valence-electron chi connectivity index (χ0n) is 16.3. The van der Waals surface area contributed by atoms with Gasteiger partial charge >= 0.3 is 7.12 Å². The first kappa shape index (κ1) is 19.2. The Kier molecular flexibility index (Phi) is 4.41. The standard InChI is InChI=1S/C21H21BClNO4/c1-20(2)21(3,4)28-22(27-20)17-10-9-14(23)11-13(17)12-24-18(25)15-7-5-6-8-16(15)19(24)26/h5-11H,12H2,1-4H3. The van der Waals surface area contributed by atoms with Crippen molar-refractivity contribution in [1.29, 1.82) is 0 Å². The molecule has 0 N–H and O–H groups in total. The number of nitrogens with zero attached hydrogens (tertiary/aromatic N) is 1. The molecule has 28 heavy (non-hydrogen) atoms. The number of carbonyl (C=O) groups is 2. The van der Waals surface area contributed by atoms with E-state index in [0.29, 0.717) is 16.1 Å². The molecule has 144 valence electrons. The average molecular weight is 398 g/mol. The number of amides is 2. The molecule has 4 rings (SSSR count). The van der Waals surface area contributed by atoms with Gasteiger partial charge in [0.1, 0.15) is 0 Å². The molecule has 2 aromatic carbocycles. The van der Waals surface area contributed by atoms with Crippen LogP contribution in [0.25, 0.3) is 0 Å². The maximum absolute atomic E-state index is 12.7. The van der Waals surface area contributed by atoms with Crippen LogP contribution < -0.4 is 5.46 Å². The van der Waals surface area contributed by atoms with E-state index >= 15 is 0 Å². The van der Waals surface area contributed by atoms with Crippen molar-refractivity contribution in [2.75, 3.05) is 0 Å². The second-order valence-electron chi connectivity index (χ2n) is 8.17. The highest BCUT2D eigenvalue weighted by atomic mass is 35.5. The van der Waals surface area contributed by atoms with Crippen LogP contribution in [0.4, 0.5) is 0 Å². The maximum atomic E-state index is 12.7. The van der Waals surface area contributed by atoms with Gasteiger partial charge in [0.15, 0.2) is 0 Å². The van der Waals surface area contributed by atoms with Crippen molar-refractivity contribution in [3.63, 3.8) is 0 Å². The van der Waals surface area contributed by atoms with Crippen molar-refractivity contribution in [2.24, 2.45) is 0 Å². The van der Waals surface area contributed by atoms with Crippen molar-refractivity contribution in [2.45, 2.75) is 45.4 Å². The quantitative estimate of drug-likeness (QED) is 0.588. The molecule has 0 saturated carbocycles. The van der Waals surface area contributed by atoms with Crippen LogP contribution in [-0.2, 0) is 15.9 Å². The minimum Gasteiger partial charge on any atom is -0.399 e. The van der Waals surface area contributed by atoms with Gasteiger partial charge in [-0.3, -0.25) is 14.5 Å². The summed E-state index contributed by atoms with van der Waals surface area (Å²) in [6.07, 6.45) is 0. The fourth-order valence-electron chi connectivity index (χ4n) is 3.46. The normalized spacial score (nSPS) is 20.0. The first-order chi connectivity index (χ1) is 13.1. The number of carbonyl (C=O) groups excluding carboxylic acids is 2. The molecule has 2 aliphatic rings. The zero-order chi connectivity index (χ0) is 20.3. The van der Waals surface area contributed by atoms with Gasteiger partial charge in [-0.1, -0.05) is 29.8 Å². The first-order valence-corrected chi connectivity index (χ1v) is 9.58. The minimum atomic E-state index is -0.604. The highest BCUT2D eigenvalue weighted by Crippen LogP contribution is 2.37. The van der Waals surface area contributed by atoms with Crippen LogP contribution in [0.3, 0.4) is 0 Å². The second kappa shape index (κ2) is 6.44. The summed E-state index contributed by atoms with van der Waals surface area (Å²) in [5, 5.41) is 0.520. The van der Waals surface area contributed by atoms with Gasteiger partial charge in [-0.25, -0.2) is 0 Å². The molecule has 1 fully saturated rings. The molecule has 0 unspecified atom stereocenters. The van der Waals surface area contributed by atoms with Crippen LogP contribution in [-0.4, -0.2) is 35.0 Å². The van der Waals surface area contributed by atoms with Gasteiger partial charge in [-0.05, 0) is 63.0 Å². The molecule has 0 atom stereocenters. The van der Waals surface area contributed by atoms with Crippen molar-refractivity contribution in [1.82, 2.24) is 4.90 Å². The van der Waals surface area contributed by atoms with E-state index in [9.17, 15) is 9.59 Å². The summed E-state index contributed by atoms with van der Waals surface area (Å²) in [5.41, 5.74) is 1.34. The smallest absolute Gasteiger partial charge is 0.399 e. The number of rotatable bonds is 3. The summed E-state index contributed by atoms with van der Waals surface area (Å²) < 4.78 is 12.3. The minimum absolute atomic E-state index is 0.103. The van der Waals surface area contributed by atoms with Crippen molar-refractivity contribution < 1.29 is 18.9 Å². The van der Waals surface area contributed by atoms with E-state index in [1.165, 1.54) is 4.90 Å². The molecule has 2 heterocycles. The van der Waals surface area contributed by atoms with E-state index in [-0.39, 0.29) is 18.4 Å². The van der Waals surface area contributed by atoms with Gasteiger partial charge in [-0.2, -0.15) is 0 Å². The fourth-order valence-corrected chi connectivity index (χ4v) is 3.66. The molecule has 2 aromatic rings. The van der Waals surface area contributed by atoms with E-state index in [1.807, 2.05) is 33.8 Å². The molecular weight excluding hydrogens is 376 g/mol. The third-order valence-electron chi connectivity index (χ3n) is 5.82. The van der Waals surface area contributed by atoms with Crippen molar-refractivity contribution >= 4 is 36.0 Å². The molecule has 0 bridgehead atoms. The highest BCUT2D eigenvalue weighted by molar-refractivity contribution is 6.62. The van der Waals surface area contributed by atoms with Gasteiger partial charge in [0.25, 0.3) is 11.8 Å². The molecule has 5 nitrogen and oxygen atoms in total. The molecular formula is C21H21BClNO4. The molecule has 0 aromatic heterocycles. The van der Waals surface area contributed by atoms with Crippen LogP contribution in [0.2, 0.25) is 5.02 Å². The van der Waals surface area contributed by atoms with Gasteiger partial charge in [0.2, 0.25) is 0 Å². The third-order valence-corrected chi connectivity index (χ3v) is 6.05. The molecule has 0 spiro atoms. The number of hydrogen-bond donors (Lipinski definition) is 0. The number of hydrogen-bond acceptors (Lipinski definition) is 4. The summed E-state index contributed by atoms with van der Waals surface area (Å²) in [7, 11) is -0.604. The lowest BCUT2D eigenvalue weighted by atomic mass is 9.76. The van der Waals surface area contributed by atoms with E-state index in [2.05, 4.69) is 0 Å². The lowest BCUT2D eigenvalue weighted by Crippen LogP contribution is -2.41. The Hall–Kier alpha value is -2.15. The van der Waals surface area contributed by atoms with E-state index in [1.54, 1.807) is 36.4 Å². The van der Waals surface area contributed by atoms with Crippen LogP contribution in [0.5, 0.6) is 0 Å². The summed E-state index contributed by atoms with van der Waals surface area (Å²) in [6.45, 7) is 8.02. The van der Waals surface area contributed by atoms with E-state index in [0.717, 1.165) is 11.0 Å². The summed E-state index contributed by atoms with van der Waals surface area (Å²) >= 11 is 6.21. The topological polar surface area (TPSA) is 55.8 Å². The number of fused-ring (bicyclic) bond motifs is 1. The number of halogens is 1. The zero-order valence-corrected chi connectivity index (χ0v) is 17.0. The van der Waals surface area contributed by atoms with Gasteiger partial charge in [-0.15, -0.1) is 0 Å². The van der Waals surface area contributed by atoms with Crippen LogP contribution >= 0.6 is 11.6 Å². The number of benzene rings is 2. The second-order valence-corrected chi connectivity index (χ2v) is 8.61. The van der Waals surface area contributed by atoms with Gasteiger partial charge in [0, 0.05) is 5.02 Å². The Morgan fingerprint density at radius 2 is 1.46 bits per heavy atom. The monoisotopic (exact) mass is 397 g/mol. The molecule has 2 aliphatic heterocycles. The van der Waals surface area contributed by atoms with E-state index in [4.69, 9.17) is 20.9 Å². The molecule has 0 aliphatic carbocycles. The predicted octanol–water partition coefficient (Wildman–Crippen LogP) is 3.44. The van der Waals surface area contributed by atoms with Crippen molar-refractivity contribution in [3.8, 4) is 0 Å². The lowest BCUT2D eigenvalue weighted by molar-refractivity contribution is 0.00578. The molecule has 2 amide bonds. The lowest BCUT2D eigenvalue weighted by Gasteiger charge is -2.32. The summed E-state index contributed by atoms with van der Waals surface area (Å²) in [6, 6.07) is 12.2. The maximum Gasteiger partial charge on any atom is 0.495 e. The summed E-state index contributed by atoms with van der Waals surface area (Å²) in [4.78, 5) is 26.7. The average Bonchev–Trinajstić information content (AvgIpc) is 2.99. The predicted molar refractivity (Wildman–Crippen MR) is 108 cm³/mol. The first-order valence-electron chi connectivity index (χ1n) is 9.20. The Labute approximate surface area is 169 Å². The molecule has 7 heteroatoms. The Morgan fingerprint density at radius 3 is 2.00 bits per heavy atom. The SMILES string of the molecule is CC1(C)OB(c2ccc(Cl)cc2CN2C(=O)c3ccccc3C2=O)OC1(C)C. The van der Waals surface area contributed by atoms with Crippen LogP contribution in [0.1, 0.15) is 54.0 Å². The van der Waals surface area contributed by atoms with Gasteiger partial charge in [0.05, 0.1) is 28.9 Å². The Morgan fingerprint density at radius 1 is 0.929 bits per heavy atom. The molecule has 0 radical (unpaired) electrons. The Bertz CT molecular complexity index is 937. The van der Waals surface area contributed by atoms with Crippen LogP contribution in [0, 0.1) is 0 Å². The van der Waals surface area contributed by atoms with Crippen LogP contribution in [0.15, 0.2) is 42.5 Å². The molecule has 1 saturated heterocycles. The third kappa shape index (κ3) is 2.96. The highest BCUT2D eigenvalue weighted by Gasteiger charge is 2.52. The van der Waals surface area contributed by atoms with Gasteiger partial charge < -0.3 is 9.31 Å². The fraction of sp³-hybridized carbons (Fsp3) is 0.333. The Balaban J connectivity index is 1.68.